The van der Waals surface area contributed by atoms with Gasteiger partial charge < -0.3 is 5.32 Å². The molecule has 0 atom stereocenters. The fraction of sp³-hybridized carbons (Fsp3) is 0.0435. The van der Waals surface area contributed by atoms with Gasteiger partial charge in [0.25, 0.3) is 5.91 Å². The Labute approximate surface area is 161 Å². The summed E-state index contributed by atoms with van der Waals surface area (Å²) in [6, 6.07) is 21.5. The minimum atomic E-state index is -0.224. The van der Waals surface area contributed by atoms with E-state index in [1.54, 1.807) is 18.5 Å². The molecule has 0 saturated heterocycles. The van der Waals surface area contributed by atoms with E-state index in [4.69, 9.17) is 4.98 Å². The smallest absolute Gasteiger partial charge is 0.270 e. The van der Waals surface area contributed by atoms with Crippen LogP contribution in [0.4, 0.5) is 0 Å². The van der Waals surface area contributed by atoms with Crippen LogP contribution in [0.5, 0.6) is 0 Å². The fourth-order valence-electron chi connectivity index (χ4n) is 3.42. The molecule has 5 rings (SSSR count). The lowest BCUT2D eigenvalue weighted by molar-refractivity contribution is 0.0946. The number of rotatable bonds is 3. The molecule has 5 heteroatoms. The Hall–Kier alpha value is -3.86. The second-order valence-electron chi connectivity index (χ2n) is 6.58. The van der Waals surface area contributed by atoms with Crippen molar-refractivity contribution in [2.24, 2.45) is 0 Å². The van der Waals surface area contributed by atoms with Crippen molar-refractivity contribution in [2.75, 3.05) is 0 Å². The summed E-state index contributed by atoms with van der Waals surface area (Å²) < 4.78 is 0. The maximum atomic E-state index is 12.6. The lowest BCUT2D eigenvalue weighted by atomic mass is 10.0. The zero-order valence-electron chi connectivity index (χ0n) is 15.0. The van der Waals surface area contributed by atoms with E-state index in [0.29, 0.717) is 12.2 Å². The van der Waals surface area contributed by atoms with Gasteiger partial charge in [-0.3, -0.25) is 14.8 Å². The topological polar surface area (TPSA) is 67.8 Å². The molecule has 3 heterocycles. The van der Waals surface area contributed by atoms with E-state index in [1.807, 2.05) is 42.5 Å². The zero-order valence-corrected chi connectivity index (χ0v) is 15.0. The maximum Gasteiger partial charge on any atom is 0.270 e. The van der Waals surface area contributed by atoms with Gasteiger partial charge in [0.05, 0.1) is 23.3 Å². The van der Waals surface area contributed by atoms with Gasteiger partial charge in [0.1, 0.15) is 5.69 Å². The van der Waals surface area contributed by atoms with Gasteiger partial charge in [0.2, 0.25) is 0 Å². The molecule has 3 aromatic heterocycles. The molecule has 5 nitrogen and oxygen atoms in total. The molecule has 1 amide bonds. The van der Waals surface area contributed by atoms with Gasteiger partial charge in [-0.1, -0.05) is 42.5 Å². The highest BCUT2D eigenvalue weighted by atomic mass is 16.1. The number of hydrogen-bond donors (Lipinski definition) is 1. The van der Waals surface area contributed by atoms with Gasteiger partial charge in [-0.25, -0.2) is 4.98 Å². The number of fused-ring (bicyclic) bond motifs is 5. The van der Waals surface area contributed by atoms with E-state index in [9.17, 15) is 4.79 Å². The van der Waals surface area contributed by atoms with Gasteiger partial charge in [0, 0.05) is 28.6 Å². The van der Waals surface area contributed by atoms with Crippen LogP contribution in [0.15, 0.2) is 79.1 Å². The molecule has 0 radical (unpaired) electrons. The zero-order chi connectivity index (χ0) is 18.9. The van der Waals surface area contributed by atoms with Crippen LogP contribution in [0.3, 0.4) is 0 Å². The summed E-state index contributed by atoms with van der Waals surface area (Å²) in [5, 5.41) is 6.94. The number of amides is 1. The van der Waals surface area contributed by atoms with Gasteiger partial charge in [-0.05, 0) is 29.7 Å². The van der Waals surface area contributed by atoms with Gasteiger partial charge in [-0.15, -0.1) is 0 Å². The molecule has 2 aromatic carbocycles. The minimum Gasteiger partial charge on any atom is -0.345 e. The molecule has 0 fully saturated rings. The van der Waals surface area contributed by atoms with E-state index in [1.165, 1.54) is 0 Å². The lowest BCUT2D eigenvalue weighted by Crippen LogP contribution is -2.24. The van der Waals surface area contributed by atoms with Crippen LogP contribution >= 0.6 is 0 Å². The molecule has 1 N–H and O–H groups in total. The number of hydrogen-bond acceptors (Lipinski definition) is 4. The largest absolute Gasteiger partial charge is 0.345 e. The summed E-state index contributed by atoms with van der Waals surface area (Å²) in [5.74, 6) is -0.224. The van der Waals surface area contributed by atoms with Crippen LogP contribution in [0, 0.1) is 0 Å². The first-order valence-corrected chi connectivity index (χ1v) is 9.05. The van der Waals surface area contributed by atoms with Crippen molar-refractivity contribution < 1.29 is 4.79 Å². The normalized spacial score (nSPS) is 11.1. The van der Waals surface area contributed by atoms with E-state index in [2.05, 4.69) is 33.5 Å². The predicted octanol–water partition coefficient (Wildman–Crippen LogP) is 4.26. The second kappa shape index (κ2) is 6.70. The molecule has 0 spiro atoms. The fourth-order valence-corrected chi connectivity index (χ4v) is 3.42. The van der Waals surface area contributed by atoms with E-state index < -0.39 is 0 Å². The first-order valence-electron chi connectivity index (χ1n) is 9.05. The van der Waals surface area contributed by atoms with E-state index >= 15 is 0 Å². The molecule has 28 heavy (non-hydrogen) atoms. The number of carbonyl (C=O) groups excluding carboxylic acids is 1. The highest BCUT2D eigenvalue weighted by Crippen LogP contribution is 2.30. The van der Waals surface area contributed by atoms with Crippen molar-refractivity contribution in [1.29, 1.82) is 0 Å². The highest BCUT2D eigenvalue weighted by Gasteiger charge is 2.12. The van der Waals surface area contributed by atoms with Crippen molar-refractivity contribution in [1.82, 2.24) is 20.3 Å². The van der Waals surface area contributed by atoms with Crippen LogP contribution in [0.25, 0.3) is 32.6 Å². The van der Waals surface area contributed by atoms with Crippen molar-refractivity contribution in [3.05, 3.63) is 90.5 Å². The highest BCUT2D eigenvalue weighted by molar-refractivity contribution is 6.17. The third kappa shape index (κ3) is 2.83. The Kier molecular flexibility index (Phi) is 3.91. The Morgan fingerprint density at radius 1 is 0.750 bits per heavy atom. The van der Waals surface area contributed by atoms with Gasteiger partial charge in [-0.2, -0.15) is 0 Å². The number of carbonyl (C=O) groups is 1. The number of nitrogens with zero attached hydrogens (tertiary/aromatic N) is 3. The van der Waals surface area contributed by atoms with Crippen LogP contribution in [-0.2, 0) is 6.54 Å². The number of benzene rings is 2. The Morgan fingerprint density at radius 3 is 2.32 bits per heavy atom. The predicted molar refractivity (Wildman–Crippen MR) is 110 cm³/mol. The molecule has 0 unspecified atom stereocenters. The first kappa shape index (κ1) is 16.3. The first-order chi connectivity index (χ1) is 13.8. The van der Waals surface area contributed by atoms with Crippen LogP contribution in [0.1, 0.15) is 16.2 Å². The monoisotopic (exact) mass is 364 g/mol. The Morgan fingerprint density at radius 2 is 1.50 bits per heavy atom. The summed E-state index contributed by atoms with van der Waals surface area (Å²) in [7, 11) is 0. The molecule has 0 aliphatic rings. The summed E-state index contributed by atoms with van der Waals surface area (Å²) in [5.41, 5.74) is 2.86. The summed E-state index contributed by atoms with van der Waals surface area (Å²) >= 11 is 0. The Balaban J connectivity index is 1.60. The SMILES string of the molecule is O=C(NCc1ccccn1)c1ccc2ccc3ccc4cccnc4c3c2n1. The van der Waals surface area contributed by atoms with E-state index in [-0.39, 0.29) is 5.91 Å². The summed E-state index contributed by atoms with van der Waals surface area (Å²) in [6.07, 6.45) is 3.49. The molecule has 0 aliphatic heterocycles. The molecule has 134 valence electrons. The van der Waals surface area contributed by atoms with Crippen LogP contribution in [-0.4, -0.2) is 20.9 Å². The quantitative estimate of drug-likeness (QED) is 0.486. The number of pyridine rings is 3. The second-order valence-corrected chi connectivity index (χ2v) is 6.58. The molecule has 0 aliphatic carbocycles. The third-order valence-electron chi connectivity index (χ3n) is 4.80. The van der Waals surface area contributed by atoms with Crippen LogP contribution in [0.2, 0.25) is 0 Å². The third-order valence-corrected chi connectivity index (χ3v) is 4.80. The minimum absolute atomic E-state index is 0.224. The summed E-state index contributed by atoms with van der Waals surface area (Å²) in [4.78, 5) is 26.1. The van der Waals surface area contributed by atoms with E-state index in [0.717, 1.165) is 38.3 Å². The Bertz CT molecular complexity index is 1330. The molecule has 0 saturated carbocycles. The average Bonchev–Trinajstić information content (AvgIpc) is 2.77. The van der Waals surface area contributed by atoms with Crippen molar-refractivity contribution in [3.63, 3.8) is 0 Å². The van der Waals surface area contributed by atoms with Crippen LogP contribution < -0.4 is 5.32 Å². The standard InChI is InChI=1S/C23H16N4O/c28-23(26-14-18-5-1-2-12-24-18)19-11-10-17-9-7-15-6-8-16-4-3-13-25-21(16)20(15)22(17)27-19/h1-13H,14H2,(H,26,28). The molecular weight excluding hydrogens is 348 g/mol. The van der Waals surface area contributed by atoms with Crippen molar-refractivity contribution in [3.8, 4) is 0 Å². The maximum absolute atomic E-state index is 12.6. The van der Waals surface area contributed by atoms with Crippen molar-refractivity contribution >= 4 is 38.5 Å². The lowest BCUT2D eigenvalue weighted by Gasteiger charge is -2.09. The van der Waals surface area contributed by atoms with Gasteiger partial charge >= 0.3 is 0 Å². The van der Waals surface area contributed by atoms with Gasteiger partial charge in [0.15, 0.2) is 0 Å². The molecular formula is C23H16N4O. The average molecular weight is 364 g/mol. The van der Waals surface area contributed by atoms with Crippen molar-refractivity contribution in [2.45, 2.75) is 6.54 Å². The number of nitrogens with one attached hydrogen (secondary N) is 1. The molecule has 0 bridgehead atoms. The number of aromatic nitrogens is 3. The molecule has 5 aromatic rings. The summed E-state index contributed by atoms with van der Waals surface area (Å²) in [6.45, 7) is 0.361.